The highest BCUT2D eigenvalue weighted by molar-refractivity contribution is 6.76. The summed E-state index contributed by atoms with van der Waals surface area (Å²) in [6.07, 6.45) is -4.02. The molecule has 2 saturated heterocycles. The molecule has 2 aliphatic heterocycles. The van der Waals surface area contributed by atoms with Crippen molar-refractivity contribution < 1.29 is 23.5 Å². The molecule has 9 nitrogen and oxygen atoms in total. The lowest BCUT2D eigenvalue weighted by molar-refractivity contribution is -0.123. The minimum Gasteiger partial charge on any atom is -0.442 e. The molecule has 200 valence electrons. The second-order valence-electron chi connectivity index (χ2n) is 8.10. The molecular weight excluding hydrogens is 606 g/mol. The topological polar surface area (TPSA) is 94.2 Å². The maximum absolute atomic E-state index is 15.2. The number of rotatable bonds is 6. The van der Waals surface area contributed by atoms with Gasteiger partial charge < -0.3 is 20.3 Å². The molecule has 0 bridgehead atoms. The Kier molecular flexibility index (Phi) is 9.57. The number of piperazine rings is 1. The molecule has 2 fully saturated rings. The van der Waals surface area contributed by atoms with Crippen molar-refractivity contribution in [3.63, 3.8) is 0 Å². The van der Waals surface area contributed by atoms with E-state index in [9.17, 15) is 14.4 Å². The first kappa shape index (κ1) is 29.4. The van der Waals surface area contributed by atoms with Gasteiger partial charge in [0.05, 0.1) is 19.6 Å². The summed E-state index contributed by atoms with van der Waals surface area (Å²) in [5.41, 5.74) is 1.29. The maximum Gasteiger partial charge on any atom is 0.414 e. The number of carbonyl (C=O) groups excluding carboxylic acids is 3. The van der Waals surface area contributed by atoms with E-state index in [2.05, 4.69) is 10.6 Å². The molecule has 0 spiro atoms. The van der Waals surface area contributed by atoms with E-state index < -0.39 is 38.2 Å². The van der Waals surface area contributed by atoms with Crippen molar-refractivity contribution >= 4 is 98.9 Å². The van der Waals surface area contributed by atoms with Crippen LogP contribution in [0.2, 0.25) is 0 Å². The number of alkyl halides is 7. The van der Waals surface area contributed by atoms with Gasteiger partial charge in [0.15, 0.2) is 6.30 Å². The Balaban J connectivity index is 1.64. The molecule has 2 N–H and O–H groups in total. The summed E-state index contributed by atoms with van der Waals surface area (Å²) in [6, 6.07) is 6.90. The molecule has 3 atom stereocenters. The van der Waals surface area contributed by atoms with Gasteiger partial charge in [0.2, 0.25) is 9.70 Å². The zero-order valence-electron chi connectivity index (χ0n) is 18.7. The second kappa shape index (κ2) is 11.7. The summed E-state index contributed by atoms with van der Waals surface area (Å²) in [6.45, 7) is 2.17. The summed E-state index contributed by atoms with van der Waals surface area (Å²) in [5.74, 6) is -1.28. The van der Waals surface area contributed by atoms with Gasteiger partial charge in [-0.05, 0) is 24.3 Å². The quantitative estimate of drug-likeness (QED) is 0.369. The average molecular weight is 628 g/mol. The fourth-order valence-corrected chi connectivity index (χ4v) is 4.48. The molecular formula is C20H22Cl6FN5O4. The molecule has 3 amide bonds. The third-order valence-corrected chi connectivity index (χ3v) is 6.64. The van der Waals surface area contributed by atoms with E-state index >= 15 is 4.39 Å². The third-order valence-electron chi connectivity index (χ3n) is 5.51. The van der Waals surface area contributed by atoms with Gasteiger partial charge in [-0.3, -0.25) is 14.5 Å². The number of nitrogens with zero attached hydrogens (tertiary/aromatic N) is 3. The fraction of sp³-hybridized carbons (Fsp3) is 0.550. The van der Waals surface area contributed by atoms with Crippen LogP contribution in [-0.4, -0.2) is 81.7 Å². The SMILES string of the molecule is CC(=O)NCC1CN(c2ccc(N3CCN(C(NC(=O)C(Cl)(Cl)Cl)C(Cl)(Cl)Cl)[C@@H](F)C3)cc2)C(=O)O1. The zero-order valence-corrected chi connectivity index (χ0v) is 23.2. The Morgan fingerprint density at radius 1 is 1.08 bits per heavy atom. The molecule has 0 aromatic heterocycles. The number of hydrogen-bond donors (Lipinski definition) is 2. The van der Waals surface area contributed by atoms with Crippen molar-refractivity contribution in [2.45, 2.75) is 33.1 Å². The number of ether oxygens (including phenoxy) is 1. The van der Waals surface area contributed by atoms with Crippen LogP contribution in [0.3, 0.4) is 0 Å². The molecule has 0 aliphatic carbocycles. The standard InChI is InChI=1S/C20H22Cl6FN5O4/c1-11(33)28-8-14-9-32(18(35)36-14)13-4-2-12(3-5-13)30-6-7-31(15(27)10-30)16(19(21,22)23)29-17(34)20(24,25)26/h2-5,14-16H,6-10H2,1H3,(H,28,33)(H,29,34)/t14?,15-,16?/m1/s1. The number of cyclic esters (lactones) is 1. The third kappa shape index (κ3) is 7.46. The van der Waals surface area contributed by atoms with Crippen LogP contribution in [0, 0.1) is 0 Å². The highest BCUT2D eigenvalue weighted by Gasteiger charge is 2.46. The van der Waals surface area contributed by atoms with Crippen LogP contribution in [-0.2, 0) is 14.3 Å². The maximum atomic E-state index is 15.2. The Morgan fingerprint density at radius 3 is 2.22 bits per heavy atom. The van der Waals surface area contributed by atoms with E-state index in [-0.39, 0.29) is 32.1 Å². The van der Waals surface area contributed by atoms with Gasteiger partial charge in [0.25, 0.3) is 9.70 Å². The van der Waals surface area contributed by atoms with Gasteiger partial charge in [0.1, 0.15) is 12.3 Å². The number of carbonyl (C=O) groups is 3. The Bertz CT molecular complexity index is 977. The number of benzene rings is 1. The summed E-state index contributed by atoms with van der Waals surface area (Å²) in [4.78, 5) is 39.8. The van der Waals surface area contributed by atoms with Gasteiger partial charge in [-0.1, -0.05) is 69.6 Å². The van der Waals surface area contributed by atoms with Gasteiger partial charge >= 0.3 is 6.09 Å². The highest BCUT2D eigenvalue weighted by Crippen LogP contribution is 2.36. The predicted molar refractivity (Wildman–Crippen MR) is 139 cm³/mol. The molecule has 0 saturated carbocycles. The van der Waals surface area contributed by atoms with Crippen LogP contribution in [0.15, 0.2) is 24.3 Å². The molecule has 0 radical (unpaired) electrons. The van der Waals surface area contributed by atoms with Crippen molar-refractivity contribution in [1.29, 1.82) is 0 Å². The Hall–Kier alpha value is -1.14. The van der Waals surface area contributed by atoms with Gasteiger partial charge in [-0.2, -0.15) is 0 Å². The predicted octanol–water partition coefficient (Wildman–Crippen LogP) is 3.75. The first-order valence-electron chi connectivity index (χ1n) is 10.6. The Labute approximate surface area is 236 Å². The number of halogens is 7. The van der Waals surface area contributed by atoms with Crippen LogP contribution in [0.25, 0.3) is 0 Å². The Morgan fingerprint density at radius 2 is 1.69 bits per heavy atom. The van der Waals surface area contributed by atoms with E-state index in [1.54, 1.807) is 29.2 Å². The average Bonchev–Trinajstić information content (AvgIpc) is 3.15. The lowest BCUT2D eigenvalue weighted by atomic mass is 10.2. The number of nitrogens with one attached hydrogen (secondary N) is 2. The van der Waals surface area contributed by atoms with E-state index in [1.807, 2.05) is 0 Å². The van der Waals surface area contributed by atoms with Crippen molar-refractivity contribution in [2.75, 3.05) is 42.5 Å². The monoisotopic (exact) mass is 625 g/mol. The van der Waals surface area contributed by atoms with Crippen molar-refractivity contribution in [2.24, 2.45) is 0 Å². The normalized spacial score (nSPS) is 22.3. The van der Waals surface area contributed by atoms with E-state index in [1.165, 1.54) is 16.7 Å². The first-order valence-corrected chi connectivity index (χ1v) is 12.9. The molecule has 36 heavy (non-hydrogen) atoms. The molecule has 16 heteroatoms. The first-order chi connectivity index (χ1) is 16.7. The van der Waals surface area contributed by atoms with Crippen molar-refractivity contribution in [1.82, 2.24) is 15.5 Å². The lowest BCUT2D eigenvalue weighted by Gasteiger charge is -2.44. The van der Waals surface area contributed by atoms with Crippen LogP contribution < -0.4 is 20.4 Å². The summed E-state index contributed by atoms with van der Waals surface area (Å²) in [7, 11) is 0. The van der Waals surface area contributed by atoms with Crippen LogP contribution in [0.4, 0.5) is 20.6 Å². The van der Waals surface area contributed by atoms with Gasteiger partial charge in [0, 0.05) is 31.4 Å². The minimum atomic E-state index is -2.32. The van der Waals surface area contributed by atoms with E-state index in [0.29, 0.717) is 17.9 Å². The van der Waals surface area contributed by atoms with Crippen LogP contribution in [0.1, 0.15) is 6.92 Å². The number of amides is 3. The molecule has 2 heterocycles. The molecule has 2 unspecified atom stereocenters. The van der Waals surface area contributed by atoms with Crippen LogP contribution in [0.5, 0.6) is 0 Å². The largest absolute Gasteiger partial charge is 0.442 e. The molecule has 3 rings (SSSR count). The second-order valence-corrected chi connectivity index (χ2v) is 12.8. The van der Waals surface area contributed by atoms with E-state index in [4.69, 9.17) is 74.3 Å². The summed E-state index contributed by atoms with van der Waals surface area (Å²) < 4.78 is 16.1. The molecule has 1 aromatic rings. The van der Waals surface area contributed by atoms with Gasteiger partial charge in [-0.25, -0.2) is 14.1 Å². The fourth-order valence-electron chi connectivity index (χ4n) is 3.78. The van der Waals surface area contributed by atoms with Crippen LogP contribution >= 0.6 is 69.6 Å². The van der Waals surface area contributed by atoms with Crippen molar-refractivity contribution in [3.05, 3.63) is 24.3 Å². The van der Waals surface area contributed by atoms with E-state index in [0.717, 1.165) is 0 Å². The smallest absolute Gasteiger partial charge is 0.414 e. The lowest BCUT2D eigenvalue weighted by Crippen LogP contribution is -2.64. The number of hydrogen-bond acceptors (Lipinski definition) is 6. The summed E-state index contributed by atoms with van der Waals surface area (Å²) in [5, 5.41) is 4.90. The van der Waals surface area contributed by atoms with Gasteiger partial charge in [-0.15, -0.1) is 0 Å². The zero-order chi connectivity index (χ0) is 26.8. The molecule has 2 aliphatic rings. The summed E-state index contributed by atoms with van der Waals surface area (Å²) >= 11 is 34.7. The minimum absolute atomic E-state index is 0.0743. The number of anilines is 2. The van der Waals surface area contributed by atoms with Crippen molar-refractivity contribution in [3.8, 4) is 0 Å². The molecule has 1 aromatic carbocycles. The highest BCUT2D eigenvalue weighted by atomic mass is 35.6.